The van der Waals surface area contributed by atoms with Crippen LogP contribution >= 0.6 is 0 Å². The first-order chi connectivity index (χ1) is 19.5. The van der Waals surface area contributed by atoms with Crippen molar-refractivity contribution < 1.29 is 58.5 Å². The zero-order valence-electron chi connectivity index (χ0n) is 22.2. The van der Waals surface area contributed by atoms with Gasteiger partial charge in [-0.1, -0.05) is 18.2 Å². The average molecular weight is 569 g/mol. The molecule has 0 aliphatic carbocycles. The van der Waals surface area contributed by atoms with Crippen molar-refractivity contribution in [2.75, 3.05) is 7.11 Å². The number of methoxy groups -OCH3 is 1. The van der Waals surface area contributed by atoms with Gasteiger partial charge in [-0.05, 0) is 31.2 Å². The van der Waals surface area contributed by atoms with Gasteiger partial charge in [0.1, 0.15) is 40.4 Å². The number of hydrogen-bond acceptors (Lipinski definition) is 12. The highest BCUT2D eigenvalue weighted by molar-refractivity contribution is 6.13. The second-order valence-electron chi connectivity index (χ2n) is 9.22. The Labute approximate surface area is 234 Å². The van der Waals surface area contributed by atoms with Crippen LogP contribution in [-0.4, -0.2) is 76.0 Å². The molecule has 5 atom stereocenters. The van der Waals surface area contributed by atoms with Gasteiger partial charge < -0.3 is 44.1 Å². The normalized spacial score (nSPS) is 21.9. The minimum Gasteiger partial charge on any atom is -0.508 e. The van der Waals surface area contributed by atoms with Crippen LogP contribution in [0.15, 0.2) is 60.7 Å². The van der Waals surface area contributed by atoms with Gasteiger partial charge in [-0.25, -0.2) is 4.79 Å². The van der Waals surface area contributed by atoms with Crippen molar-refractivity contribution in [3.8, 4) is 28.7 Å². The number of aromatic hydroxyl groups is 3. The maximum absolute atomic E-state index is 13.6. The zero-order chi connectivity index (χ0) is 29.8. The molecule has 0 spiro atoms. The van der Waals surface area contributed by atoms with Crippen molar-refractivity contribution in [2.24, 2.45) is 0 Å². The van der Waals surface area contributed by atoms with Crippen LogP contribution in [0, 0.1) is 0 Å². The van der Waals surface area contributed by atoms with Crippen molar-refractivity contribution >= 4 is 17.7 Å². The number of rotatable bonds is 8. The molecule has 1 saturated heterocycles. The van der Waals surface area contributed by atoms with E-state index in [2.05, 4.69) is 0 Å². The summed E-state index contributed by atoms with van der Waals surface area (Å²) in [5, 5.41) is 41.3. The summed E-state index contributed by atoms with van der Waals surface area (Å²) in [4.78, 5) is 38.2. The van der Waals surface area contributed by atoms with Gasteiger partial charge in [-0.3, -0.25) is 9.59 Å². The summed E-state index contributed by atoms with van der Waals surface area (Å²) >= 11 is 0. The molecule has 12 nitrogen and oxygen atoms in total. The summed E-state index contributed by atoms with van der Waals surface area (Å²) < 4.78 is 27.9. The fraction of sp³-hybridized carbons (Fsp3) is 0.276. The van der Waals surface area contributed by atoms with E-state index in [1.54, 1.807) is 18.2 Å². The number of phenolic OH excluding ortho intramolecular Hbond substituents is 3. The average Bonchev–Trinajstić information content (AvgIpc) is 2.92. The molecule has 3 aromatic carbocycles. The van der Waals surface area contributed by atoms with Crippen molar-refractivity contribution in [1.82, 2.24) is 0 Å². The molecule has 0 saturated carbocycles. The molecule has 4 N–H and O–H groups in total. The van der Waals surface area contributed by atoms with Crippen molar-refractivity contribution in [1.29, 1.82) is 0 Å². The predicted molar refractivity (Wildman–Crippen MR) is 140 cm³/mol. The standard InChI is InChI=1S/C29H28O12/c1-14-26(39-15(2)30)25(35)27(41-28(36)16-7-5-4-6-8-16)29(38-14)40-22-13-20(33)12-21(37-3)23(22)24(34)17-9-18(31)11-19(32)10-17/h4-14,25-27,29,31-33,35H,1-3H3/t14-,25+,26-,27+,29-/m0/s1. The molecule has 41 heavy (non-hydrogen) atoms. The second kappa shape index (κ2) is 12.1. The van der Waals surface area contributed by atoms with E-state index in [0.29, 0.717) is 0 Å². The predicted octanol–water partition coefficient (Wildman–Crippen LogP) is 2.68. The fourth-order valence-electron chi connectivity index (χ4n) is 4.38. The van der Waals surface area contributed by atoms with Crippen LogP contribution in [0.4, 0.5) is 0 Å². The maximum Gasteiger partial charge on any atom is 0.338 e. The Hall–Kier alpha value is -4.81. The molecule has 1 aliphatic heterocycles. The van der Waals surface area contributed by atoms with Crippen LogP contribution in [0.2, 0.25) is 0 Å². The van der Waals surface area contributed by atoms with E-state index in [4.69, 9.17) is 23.7 Å². The van der Waals surface area contributed by atoms with E-state index >= 15 is 0 Å². The van der Waals surface area contributed by atoms with E-state index in [-0.39, 0.29) is 45.4 Å². The highest BCUT2D eigenvalue weighted by atomic mass is 16.7. The van der Waals surface area contributed by atoms with Gasteiger partial charge in [0.2, 0.25) is 12.1 Å². The molecule has 12 heteroatoms. The Balaban J connectivity index is 1.75. The third kappa shape index (κ3) is 6.51. The lowest BCUT2D eigenvalue weighted by Crippen LogP contribution is -2.60. The van der Waals surface area contributed by atoms with Crippen molar-refractivity contribution in [2.45, 2.75) is 44.6 Å². The highest BCUT2D eigenvalue weighted by Crippen LogP contribution is 2.38. The van der Waals surface area contributed by atoms with Gasteiger partial charge in [-0.15, -0.1) is 0 Å². The number of ketones is 1. The minimum absolute atomic E-state index is 0.132. The molecule has 0 bridgehead atoms. The Bertz CT molecular complexity index is 1420. The summed E-state index contributed by atoms with van der Waals surface area (Å²) in [5.41, 5.74) is -0.229. The SMILES string of the molecule is COc1cc(O)cc(O[C@@H]2O[C@@H](C)[C@H](OC(C)=O)[C@@H](O)[C@H]2OC(=O)c2ccccc2)c1C(=O)c1cc(O)cc(O)c1. The number of carbonyl (C=O) groups is 3. The van der Waals surface area contributed by atoms with Crippen molar-refractivity contribution in [3.63, 3.8) is 0 Å². The van der Waals surface area contributed by atoms with E-state index in [0.717, 1.165) is 37.3 Å². The molecule has 1 fully saturated rings. The van der Waals surface area contributed by atoms with Gasteiger partial charge in [0.05, 0.1) is 18.8 Å². The lowest BCUT2D eigenvalue weighted by Gasteiger charge is -2.42. The maximum atomic E-state index is 13.6. The van der Waals surface area contributed by atoms with E-state index in [1.165, 1.54) is 26.2 Å². The fourth-order valence-corrected chi connectivity index (χ4v) is 4.38. The quantitative estimate of drug-likeness (QED) is 0.231. The molecule has 0 amide bonds. The Morgan fingerprint density at radius 1 is 0.805 bits per heavy atom. The molecule has 0 radical (unpaired) electrons. The largest absolute Gasteiger partial charge is 0.508 e. The Morgan fingerprint density at radius 3 is 2.02 bits per heavy atom. The first kappa shape index (κ1) is 29.2. The van der Waals surface area contributed by atoms with Gasteiger partial charge in [-0.2, -0.15) is 0 Å². The summed E-state index contributed by atoms with van der Waals surface area (Å²) in [6, 6.07) is 13.4. The van der Waals surface area contributed by atoms with E-state index in [1.807, 2.05) is 0 Å². The van der Waals surface area contributed by atoms with Gasteiger partial charge in [0.15, 0.2) is 12.2 Å². The zero-order valence-corrected chi connectivity index (χ0v) is 22.2. The highest BCUT2D eigenvalue weighted by Gasteiger charge is 2.49. The topological polar surface area (TPSA) is 178 Å². The number of aliphatic hydroxyl groups is 1. The minimum atomic E-state index is -1.62. The van der Waals surface area contributed by atoms with Crippen LogP contribution in [0.5, 0.6) is 28.7 Å². The molecular formula is C29H28O12. The number of esters is 2. The molecule has 1 heterocycles. The molecule has 3 aromatic rings. The number of phenols is 3. The van der Waals surface area contributed by atoms with Crippen LogP contribution in [-0.2, 0) is 19.0 Å². The third-order valence-corrected chi connectivity index (χ3v) is 6.21. The smallest absolute Gasteiger partial charge is 0.338 e. The molecule has 1 aliphatic rings. The first-order valence-electron chi connectivity index (χ1n) is 12.4. The summed E-state index contributed by atoms with van der Waals surface area (Å²) in [6.07, 6.45) is -6.98. The van der Waals surface area contributed by atoms with Crippen LogP contribution in [0.25, 0.3) is 0 Å². The number of aliphatic hydroxyl groups excluding tert-OH is 1. The van der Waals surface area contributed by atoms with E-state index in [9.17, 15) is 34.8 Å². The number of benzene rings is 3. The monoisotopic (exact) mass is 568 g/mol. The lowest BCUT2D eigenvalue weighted by atomic mass is 9.98. The lowest BCUT2D eigenvalue weighted by molar-refractivity contribution is -0.271. The molecular weight excluding hydrogens is 540 g/mol. The number of carbonyl (C=O) groups excluding carboxylic acids is 3. The molecule has 4 rings (SSSR count). The Kier molecular flexibility index (Phi) is 8.65. The van der Waals surface area contributed by atoms with E-state index < -0.39 is 48.4 Å². The van der Waals surface area contributed by atoms with Gasteiger partial charge >= 0.3 is 11.9 Å². The molecule has 216 valence electrons. The number of ether oxygens (including phenoxy) is 5. The van der Waals surface area contributed by atoms with Crippen LogP contribution < -0.4 is 9.47 Å². The first-order valence-corrected chi connectivity index (χ1v) is 12.4. The molecule has 0 aromatic heterocycles. The summed E-state index contributed by atoms with van der Waals surface area (Å²) in [5.74, 6) is -3.90. The molecule has 0 unspecified atom stereocenters. The Morgan fingerprint density at radius 2 is 1.41 bits per heavy atom. The van der Waals surface area contributed by atoms with Crippen LogP contribution in [0.3, 0.4) is 0 Å². The van der Waals surface area contributed by atoms with Crippen molar-refractivity contribution in [3.05, 3.63) is 77.4 Å². The van der Waals surface area contributed by atoms with Gasteiger partial charge in [0, 0.05) is 30.7 Å². The third-order valence-electron chi connectivity index (χ3n) is 6.21. The summed E-state index contributed by atoms with van der Waals surface area (Å²) in [6.45, 7) is 2.64. The summed E-state index contributed by atoms with van der Waals surface area (Å²) in [7, 11) is 1.24. The second-order valence-corrected chi connectivity index (χ2v) is 9.22. The van der Waals surface area contributed by atoms with Gasteiger partial charge in [0.25, 0.3) is 0 Å². The van der Waals surface area contributed by atoms with Crippen LogP contribution in [0.1, 0.15) is 40.1 Å². The number of hydrogen-bond donors (Lipinski definition) is 4.